The van der Waals surface area contributed by atoms with Crippen molar-refractivity contribution in [1.82, 2.24) is 19.2 Å². The van der Waals surface area contributed by atoms with Crippen LogP contribution in [0.2, 0.25) is 0 Å². The van der Waals surface area contributed by atoms with Gasteiger partial charge in [0.05, 0.1) is 12.2 Å². The summed E-state index contributed by atoms with van der Waals surface area (Å²) in [5.41, 5.74) is 0.183. The zero-order valence-electron chi connectivity index (χ0n) is 12.6. The van der Waals surface area contributed by atoms with E-state index in [4.69, 9.17) is 12.2 Å². The summed E-state index contributed by atoms with van der Waals surface area (Å²) >= 11 is 5.39. The maximum absolute atomic E-state index is 12.6. The molecular weight excluding hydrogens is 325 g/mol. The van der Waals surface area contributed by atoms with E-state index in [1.54, 1.807) is 11.0 Å². The van der Waals surface area contributed by atoms with Crippen molar-refractivity contribution in [1.29, 1.82) is 0 Å². The maximum atomic E-state index is 12.6. The molecule has 8 heteroatoms. The molecule has 23 heavy (non-hydrogen) atoms. The summed E-state index contributed by atoms with van der Waals surface area (Å²) < 4.78 is 42.1. The summed E-state index contributed by atoms with van der Waals surface area (Å²) in [6.07, 6.45) is -0.262. The van der Waals surface area contributed by atoms with Crippen molar-refractivity contribution in [2.45, 2.75) is 38.3 Å². The van der Waals surface area contributed by atoms with E-state index in [9.17, 15) is 13.2 Å². The van der Waals surface area contributed by atoms with Gasteiger partial charge in [0.25, 0.3) is 0 Å². The van der Waals surface area contributed by atoms with Crippen LogP contribution in [-0.2, 0) is 19.4 Å². The van der Waals surface area contributed by atoms with Crippen molar-refractivity contribution in [3.05, 3.63) is 46.5 Å². The smallest absolute Gasteiger partial charge is 0.303 e. The Morgan fingerprint density at radius 1 is 1.26 bits per heavy atom. The van der Waals surface area contributed by atoms with Gasteiger partial charge in [-0.3, -0.25) is 4.90 Å². The van der Waals surface area contributed by atoms with Crippen LogP contribution >= 0.6 is 12.2 Å². The van der Waals surface area contributed by atoms with Gasteiger partial charge in [0.1, 0.15) is 6.33 Å². The van der Waals surface area contributed by atoms with Crippen LogP contribution in [0.25, 0.3) is 0 Å². The lowest BCUT2D eigenvalue weighted by Crippen LogP contribution is -2.22. The van der Waals surface area contributed by atoms with Gasteiger partial charge in [0.15, 0.2) is 4.77 Å². The van der Waals surface area contributed by atoms with Crippen molar-refractivity contribution in [2.75, 3.05) is 7.05 Å². The highest BCUT2D eigenvalue weighted by atomic mass is 32.1. The van der Waals surface area contributed by atoms with Gasteiger partial charge in [-0.2, -0.15) is 18.3 Å². The van der Waals surface area contributed by atoms with E-state index in [2.05, 4.69) is 5.10 Å². The standard InChI is InChI=1S/C15H17F3N4S/c1-20(8-11-2-4-12(5-3-11)15(16,17)18)10-22-14(23)21(9-19-22)13-6-7-13/h2-5,9,13H,6-8,10H2,1H3. The maximum Gasteiger partial charge on any atom is 0.416 e. The minimum absolute atomic E-state index is 0.483. The summed E-state index contributed by atoms with van der Waals surface area (Å²) in [6.45, 7) is 1.02. The fourth-order valence-corrected chi connectivity index (χ4v) is 2.74. The molecule has 2 aromatic rings. The molecule has 0 atom stereocenters. The van der Waals surface area contributed by atoms with Crippen LogP contribution in [0.4, 0.5) is 13.2 Å². The quantitative estimate of drug-likeness (QED) is 0.772. The molecule has 0 saturated heterocycles. The van der Waals surface area contributed by atoms with Crippen molar-refractivity contribution in [3.8, 4) is 0 Å². The minimum Gasteiger partial charge on any atom is -0.303 e. The first kappa shape index (κ1) is 16.2. The molecule has 0 unspecified atom stereocenters. The molecule has 1 fully saturated rings. The average Bonchev–Trinajstić information content (AvgIpc) is 3.25. The molecule has 0 amide bonds. The predicted molar refractivity (Wildman–Crippen MR) is 82.2 cm³/mol. The molecule has 1 heterocycles. The summed E-state index contributed by atoms with van der Waals surface area (Å²) in [5, 5.41) is 4.29. The van der Waals surface area contributed by atoms with Crippen LogP contribution < -0.4 is 0 Å². The summed E-state index contributed by atoms with van der Waals surface area (Å²) in [4.78, 5) is 1.96. The van der Waals surface area contributed by atoms with Gasteiger partial charge in [0, 0.05) is 12.6 Å². The van der Waals surface area contributed by atoms with Gasteiger partial charge in [-0.1, -0.05) is 12.1 Å². The van der Waals surface area contributed by atoms with E-state index >= 15 is 0 Å². The third kappa shape index (κ3) is 3.81. The second kappa shape index (κ2) is 6.09. The van der Waals surface area contributed by atoms with Crippen LogP contribution in [0.1, 0.15) is 30.0 Å². The number of benzene rings is 1. The molecule has 1 aromatic carbocycles. The molecular formula is C15H17F3N4S. The SMILES string of the molecule is CN(Cc1ccc(C(F)(F)F)cc1)Cn1ncn(C2CC2)c1=S. The number of hydrogen-bond donors (Lipinski definition) is 0. The zero-order valence-corrected chi connectivity index (χ0v) is 13.4. The molecule has 0 bridgehead atoms. The Balaban J connectivity index is 1.63. The lowest BCUT2D eigenvalue weighted by atomic mass is 10.1. The van der Waals surface area contributed by atoms with Crippen molar-refractivity contribution < 1.29 is 13.2 Å². The Kier molecular flexibility index (Phi) is 4.29. The van der Waals surface area contributed by atoms with Crippen LogP contribution in [0.3, 0.4) is 0 Å². The lowest BCUT2D eigenvalue weighted by Gasteiger charge is -2.17. The first-order chi connectivity index (χ1) is 10.8. The fraction of sp³-hybridized carbons (Fsp3) is 0.467. The van der Waals surface area contributed by atoms with Gasteiger partial charge >= 0.3 is 6.18 Å². The molecule has 0 aliphatic heterocycles. The minimum atomic E-state index is -4.30. The number of rotatable bonds is 5. The van der Waals surface area contributed by atoms with Crippen molar-refractivity contribution in [2.24, 2.45) is 0 Å². The molecule has 1 aromatic heterocycles. The van der Waals surface area contributed by atoms with E-state index in [1.165, 1.54) is 12.1 Å². The van der Waals surface area contributed by atoms with E-state index in [-0.39, 0.29) is 0 Å². The number of nitrogens with zero attached hydrogens (tertiary/aromatic N) is 4. The van der Waals surface area contributed by atoms with Crippen LogP contribution in [0.15, 0.2) is 30.6 Å². The van der Waals surface area contributed by atoms with E-state index in [0.29, 0.717) is 24.0 Å². The molecule has 0 spiro atoms. The lowest BCUT2D eigenvalue weighted by molar-refractivity contribution is -0.137. The third-order valence-corrected chi connectivity index (χ3v) is 4.23. The number of halogens is 3. The fourth-order valence-electron chi connectivity index (χ4n) is 2.44. The normalized spacial score (nSPS) is 15.3. The molecule has 0 N–H and O–H groups in total. The second-order valence-corrected chi connectivity index (χ2v) is 6.27. The monoisotopic (exact) mass is 342 g/mol. The zero-order chi connectivity index (χ0) is 16.6. The first-order valence-electron chi connectivity index (χ1n) is 7.33. The van der Waals surface area contributed by atoms with Crippen LogP contribution in [-0.4, -0.2) is 26.3 Å². The van der Waals surface area contributed by atoms with Gasteiger partial charge in [-0.25, -0.2) is 4.68 Å². The largest absolute Gasteiger partial charge is 0.416 e. The van der Waals surface area contributed by atoms with Gasteiger partial charge < -0.3 is 4.57 Å². The van der Waals surface area contributed by atoms with E-state index in [1.807, 2.05) is 16.5 Å². The molecule has 1 saturated carbocycles. The Labute approximate surface area is 137 Å². The van der Waals surface area contributed by atoms with Crippen LogP contribution in [0.5, 0.6) is 0 Å². The highest BCUT2D eigenvalue weighted by Gasteiger charge is 2.30. The molecule has 1 aliphatic rings. The van der Waals surface area contributed by atoms with Crippen molar-refractivity contribution in [3.63, 3.8) is 0 Å². The molecule has 0 radical (unpaired) electrons. The molecule has 124 valence electrons. The topological polar surface area (TPSA) is 26.0 Å². The Morgan fingerprint density at radius 3 is 2.48 bits per heavy atom. The number of hydrogen-bond acceptors (Lipinski definition) is 3. The number of aromatic nitrogens is 3. The predicted octanol–water partition coefficient (Wildman–Crippen LogP) is 3.86. The van der Waals surface area contributed by atoms with Gasteiger partial charge in [0.2, 0.25) is 0 Å². The highest BCUT2D eigenvalue weighted by molar-refractivity contribution is 7.71. The Hall–Kier alpha value is -1.67. The third-order valence-electron chi connectivity index (χ3n) is 3.81. The summed E-state index contributed by atoms with van der Waals surface area (Å²) in [6, 6.07) is 5.70. The summed E-state index contributed by atoms with van der Waals surface area (Å²) in [5.74, 6) is 0. The second-order valence-electron chi connectivity index (χ2n) is 5.90. The molecule has 1 aliphatic carbocycles. The molecule has 4 nitrogen and oxygen atoms in total. The first-order valence-corrected chi connectivity index (χ1v) is 7.74. The molecule has 3 rings (SSSR count). The van der Waals surface area contributed by atoms with Gasteiger partial charge in [-0.05, 0) is 49.8 Å². The van der Waals surface area contributed by atoms with E-state index in [0.717, 1.165) is 30.5 Å². The van der Waals surface area contributed by atoms with Crippen molar-refractivity contribution >= 4 is 12.2 Å². The van der Waals surface area contributed by atoms with Crippen LogP contribution in [0, 0.1) is 4.77 Å². The Bertz CT molecular complexity index is 728. The summed E-state index contributed by atoms with van der Waals surface area (Å²) in [7, 11) is 1.88. The Morgan fingerprint density at radius 2 is 1.91 bits per heavy atom. The average molecular weight is 342 g/mol. The van der Waals surface area contributed by atoms with Gasteiger partial charge in [-0.15, -0.1) is 0 Å². The highest BCUT2D eigenvalue weighted by Crippen LogP contribution is 2.34. The number of alkyl halides is 3. The van der Waals surface area contributed by atoms with E-state index < -0.39 is 11.7 Å².